The molecule has 1 aromatic carbocycles. The van der Waals surface area contributed by atoms with E-state index in [-0.39, 0.29) is 12.3 Å². The maximum absolute atomic E-state index is 12.1. The summed E-state index contributed by atoms with van der Waals surface area (Å²) in [4.78, 5) is 20.4. The zero-order chi connectivity index (χ0) is 17.5. The number of anilines is 1. The molecule has 2 heterocycles. The fourth-order valence-corrected chi connectivity index (χ4v) is 2.12. The Morgan fingerprint density at radius 3 is 2.84 bits per heavy atom. The highest BCUT2D eigenvalue weighted by atomic mass is 16.5. The van der Waals surface area contributed by atoms with Crippen LogP contribution in [-0.4, -0.2) is 28.1 Å². The van der Waals surface area contributed by atoms with E-state index in [0.717, 1.165) is 5.69 Å². The molecule has 0 fully saturated rings. The second-order valence-corrected chi connectivity index (χ2v) is 5.06. The summed E-state index contributed by atoms with van der Waals surface area (Å²) >= 11 is 0. The molecule has 0 saturated heterocycles. The van der Waals surface area contributed by atoms with E-state index in [4.69, 9.17) is 9.26 Å². The number of ether oxygens (including phenoxy) is 1. The number of aromatic nitrogens is 3. The van der Waals surface area contributed by atoms with E-state index in [1.54, 1.807) is 37.6 Å². The summed E-state index contributed by atoms with van der Waals surface area (Å²) in [6.07, 6.45) is 5.10. The van der Waals surface area contributed by atoms with Gasteiger partial charge in [0.25, 0.3) is 5.89 Å². The van der Waals surface area contributed by atoms with Crippen LogP contribution in [0.2, 0.25) is 0 Å². The third-order valence-electron chi connectivity index (χ3n) is 3.27. The molecule has 1 N–H and O–H groups in total. The third kappa shape index (κ3) is 4.51. The maximum atomic E-state index is 12.1. The van der Waals surface area contributed by atoms with Crippen molar-refractivity contribution in [2.45, 2.75) is 6.42 Å². The fourth-order valence-electron chi connectivity index (χ4n) is 2.12. The predicted octanol–water partition coefficient (Wildman–Crippen LogP) is 2.82. The van der Waals surface area contributed by atoms with Crippen molar-refractivity contribution in [1.29, 1.82) is 0 Å². The number of rotatable bonds is 6. The van der Waals surface area contributed by atoms with Gasteiger partial charge in [-0.2, -0.15) is 4.98 Å². The van der Waals surface area contributed by atoms with Crippen molar-refractivity contribution in [1.82, 2.24) is 15.1 Å². The van der Waals surface area contributed by atoms with Crippen molar-refractivity contribution in [3.05, 3.63) is 66.1 Å². The van der Waals surface area contributed by atoms with Crippen LogP contribution in [0.1, 0.15) is 17.4 Å². The van der Waals surface area contributed by atoms with Gasteiger partial charge in [0, 0.05) is 12.3 Å². The van der Waals surface area contributed by atoms with Crippen LogP contribution < -0.4 is 10.1 Å². The van der Waals surface area contributed by atoms with Gasteiger partial charge < -0.3 is 14.6 Å². The third-order valence-corrected chi connectivity index (χ3v) is 3.27. The molecular formula is C18H16N4O3. The largest absolute Gasteiger partial charge is 0.495 e. The predicted molar refractivity (Wildman–Crippen MR) is 92.8 cm³/mol. The first-order chi connectivity index (χ1) is 12.2. The van der Waals surface area contributed by atoms with Crippen molar-refractivity contribution >= 4 is 23.7 Å². The summed E-state index contributed by atoms with van der Waals surface area (Å²) in [5, 5.41) is 6.57. The summed E-state index contributed by atoms with van der Waals surface area (Å²) in [5.41, 5.74) is 1.37. The van der Waals surface area contributed by atoms with Gasteiger partial charge in [0.1, 0.15) is 5.75 Å². The molecule has 0 aliphatic carbocycles. The summed E-state index contributed by atoms with van der Waals surface area (Å²) < 4.78 is 10.3. The van der Waals surface area contributed by atoms with Gasteiger partial charge in [0.05, 0.1) is 24.9 Å². The smallest absolute Gasteiger partial charge is 0.250 e. The van der Waals surface area contributed by atoms with Crippen LogP contribution in [0.25, 0.3) is 12.2 Å². The number of pyridine rings is 1. The van der Waals surface area contributed by atoms with Gasteiger partial charge in [0.15, 0.2) is 5.82 Å². The zero-order valence-corrected chi connectivity index (χ0v) is 13.5. The van der Waals surface area contributed by atoms with Crippen molar-refractivity contribution < 1.29 is 14.1 Å². The number of hydrogen-bond donors (Lipinski definition) is 1. The Labute approximate surface area is 144 Å². The molecule has 1 amide bonds. The lowest BCUT2D eigenvalue weighted by atomic mass is 10.2. The second-order valence-electron chi connectivity index (χ2n) is 5.06. The van der Waals surface area contributed by atoms with E-state index < -0.39 is 0 Å². The van der Waals surface area contributed by atoms with Gasteiger partial charge in [-0.1, -0.05) is 23.4 Å². The normalized spacial score (nSPS) is 10.8. The molecule has 0 spiro atoms. The van der Waals surface area contributed by atoms with Gasteiger partial charge in [-0.3, -0.25) is 9.78 Å². The molecule has 0 atom stereocenters. The first-order valence-corrected chi connectivity index (χ1v) is 7.59. The topological polar surface area (TPSA) is 90.1 Å². The summed E-state index contributed by atoms with van der Waals surface area (Å²) in [7, 11) is 1.55. The maximum Gasteiger partial charge on any atom is 0.250 e. The molecule has 0 unspecified atom stereocenters. The minimum absolute atomic E-state index is 0.00102. The number of hydrogen-bond acceptors (Lipinski definition) is 6. The Balaban J connectivity index is 1.61. The minimum atomic E-state index is -0.259. The lowest BCUT2D eigenvalue weighted by molar-refractivity contribution is -0.115. The van der Waals surface area contributed by atoms with Gasteiger partial charge in [-0.05, 0) is 30.3 Å². The Hall–Kier alpha value is -3.48. The van der Waals surface area contributed by atoms with Crippen LogP contribution >= 0.6 is 0 Å². The number of carbonyl (C=O) groups is 1. The molecule has 7 heteroatoms. The molecule has 0 aliphatic rings. The molecule has 25 heavy (non-hydrogen) atoms. The molecule has 0 radical (unpaired) electrons. The monoisotopic (exact) mass is 336 g/mol. The lowest BCUT2D eigenvalue weighted by Gasteiger charge is -2.08. The van der Waals surface area contributed by atoms with Crippen LogP contribution in [-0.2, 0) is 11.2 Å². The van der Waals surface area contributed by atoms with Crippen molar-refractivity contribution in [3.8, 4) is 5.75 Å². The molecular weight excluding hydrogens is 320 g/mol. The van der Waals surface area contributed by atoms with E-state index in [0.29, 0.717) is 23.2 Å². The lowest BCUT2D eigenvalue weighted by Crippen LogP contribution is -2.15. The number of amides is 1. The quantitative estimate of drug-likeness (QED) is 0.744. The number of carbonyl (C=O) groups excluding carboxylic acids is 1. The number of nitrogens with one attached hydrogen (secondary N) is 1. The Morgan fingerprint density at radius 2 is 2.04 bits per heavy atom. The highest BCUT2D eigenvalue weighted by Gasteiger charge is 2.12. The van der Waals surface area contributed by atoms with Crippen LogP contribution in [0, 0.1) is 0 Å². The average Bonchev–Trinajstić information content (AvgIpc) is 3.08. The molecule has 3 rings (SSSR count). The van der Waals surface area contributed by atoms with E-state index in [1.165, 1.54) is 0 Å². The van der Waals surface area contributed by atoms with E-state index in [1.807, 2.05) is 30.3 Å². The summed E-state index contributed by atoms with van der Waals surface area (Å²) in [5.74, 6) is 0.937. The standard InChI is InChI=1S/C18H16N4O3/c1-24-15-8-3-2-7-14(15)20-17(23)12-16-21-18(25-22-16)10-9-13-6-4-5-11-19-13/h2-11H,12H2,1H3,(H,20,23)/b10-9+. The molecule has 7 nitrogen and oxygen atoms in total. The molecule has 0 bridgehead atoms. The van der Waals surface area contributed by atoms with Crippen LogP contribution in [0.4, 0.5) is 5.69 Å². The van der Waals surface area contributed by atoms with E-state index in [2.05, 4.69) is 20.4 Å². The second kappa shape index (κ2) is 7.87. The van der Waals surface area contributed by atoms with Gasteiger partial charge >= 0.3 is 0 Å². The van der Waals surface area contributed by atoms with Crippen molar-refractivity contribution in [2.24, 2.45) is 0 Å². The number of benzene rings is 1. The molecule has 3 aromatic rings. The molecule has 0 saturated carbocycles. The Morgan fingerprint density at radius 1 is 1.20 bits per heavy atom. The number of para-hydroxylation sites is 2. The zero-order valence-electron chi connectivity index (χ0n) is 13.5. The van der Waals surface area contributed by atoms with E-state index in [9.17, 15) is 4.79 Å². The van der Waals surface area contributed by atoms with Crippen molar-refractivity contribution in [3.63, 3.8) is 0 Å². The minimum Gasteiger partial charge on any atom is -0.495 e. The highest BCUT2D eigenvalue weighted by molar-refractivity contribution is 5.93. The van der Waals surface area contributed by atoms with Gasteiger partial charge in [0.2, 0.25) is 5.91 Å². The van der Waals surface area contributed by atoms with E-state index >= 15 is 0 Å². The van der Waals surface area contributed by atoms with Gasteiger partial charge in [-0.15, -0.1) is 0 Å². The fraction of sp³-hybridized carbons (Fsp3) is 0.111. The van der Waals surface area contributed by atoms with Crippen LogP contribution in [0.15, 0.2) is 53.2 Å². The van der Waals surface area contributed by atoms with Crippen LogP contribution in [0.3, 0.4) is 0 Å². The highest BCUT2D eigenvalue weighted by Crippen LogP contribution is 2.23. The average molecular weight is 336 g/mol. The van der Waals surface area contributed by atoms with Crippen molar-refractivity contribution in [2.75, 3.05) is 12.4 Å². The first kappa shape index (κ1) is 16.4. The summed E-state index contributed by atoms with van der Waals surface area (Å²) in [6.45, 7) is 0. The van der Waals surface area contributed by atoms with Crippen LogP contribution in [0.5, 0.6) is 5.75 Å². The van der Waals surface area contributed by atoms with Gasteiger partial charge in [-0.25, -0.2) is 0 Å². The number of methoxy groups -OCH3 is 1. The first-order valence-electron chi connectivity index (χ1n) is 7.59. The molecule has 2 aromatic heterocycles. The molecule has 126 valence electrons. The summed E-state index contributed by atoms with van der Waals surface area (Å²) in [6, 6.07) is 12.7. The number of nitrogens with zero attached hydrogens (tertiary/aromatic N) is 3. The molecule has 0 aliphatic heterocycles. The Kier molecular flexibility index (Phi) is 5.16. The Bertz CT molecular complexity index is 875. The SMILES string of the molecule is COc1ccccc1NC(=O)Cc1noc(/C=C/c2ccccn2)n1.